The third-order valence-electron chi connectivity index (χ3n) is 4.53. The van der Waals surface area contributed by atoms with Gasteiger partial charge in [0.15, 0.2) is 0 Å². The summed E-state index contributed by atoms with van der Waals surface area (Å²) in [4.78, 5) is 8.96. The normalized spacial score (nSPS) is 10.5. The van der Waals surface area contributed by atoms with Crippen molar-refractivity contribution < 1.29 is 4.74 Å². The molecule has 0 aliphatic rings. The molecule has 5 heteroatoms. The highest BCUT2D eigenvalue weighted by Gasteiger charge is 2.07. The number of nitrogens with one attached hydrogen (secondary N) is 2. The number of aromatic nitrogens is 2. The Morgan fingerprint density at radius 2 is 1.81 bits per heavy atom. The predicted molar refractivity (Wildman–Crippen MR) is 111 cm³/mol. The van der Waals surface area contributed by atoms with Crippen LogP contribution in [0.5, 0.6) is 5.75 Å². The van der Waals surface area contributed by atoms with Crippen LogP contribution in [0.3, 0.4) is 0 Å². The Morgan fingerprint density at radius 3 is 2.63 bits per heavy atom. The molecule has 0 amide bonds. The first-order chi connectivity index (χ1) is 13.2. The molecule has 2 N–H and O–H groups in total. The van der Waals surface area contributed by atoms with Crippen LogP contribution < -0.4 is 15.4 Å². The van der Waals surface area contributed by atoms with E-state index >= 15 is 0 Å². The van der Waals surface area contributed by atoms with Crippen molar-refractivity contribution in [3.8, 4) is 5.75 Å². The van der Waals surface area contributed by atoms with Crippen LogP contribution in [0.15, 0.2) is 54.7 Å². The number of nitrogens with zero attached hydrogens (tertiary/aromatic N) is 2. The van der Waals surface area contributed by atoms with Crippen LogP contribution in [0.4, 0.5) is 17.5 Å². The molecule has 0 bridgehead atoms. The molecule has 0 aliphatic heterocycles. The lowest BCUT2D eigenvalue weighted by Gasteiger charge is -2.14. The van der Waals surface area contributed by atoms with Crippen LogP contribution in [0.25, 0.3) is 0 Å². The summed E-state index contributed by atoms with van der Waals surface area (Å²) in [5.41, 5.74) is 4.71. The first-order valence-electron chi connectivity index (χ1n) is 9.25. The van der Waals surface area contributed by atoms with Gasteiger partial charge in [0.2, 0.25) is 5.95 Å². The molecular formula is C22H26N4O. The van der Waals surface area contributed by atoms with Gasteiger partial charge in [-0.2, -0.15) is 4.98 Å². The van der Waals surface area contributed by atoms with Gasteiger partial charge >= 0.3 is 0 Å². The van der Waals surface area contributed by atoms with Crippen LogP contribution in [0.2, 0.25) is 0 Å². The maximum absolute atomic E-state index is 5.40. The number of para-hydroxylation sites is 2. The van der Waals surface area contributed by atoms with Crippen LogP contribution in [0, 0.1) is 6.92 Å². The second-order valence-corrected chi connectivity index (χ2v) is 6.34. The second-order valence-electron chi connectivity index (χ2n) is 6.34. The summed E-state index contributed by atoms with van der Waals surface area (Å²) in [6.07, 6.45) is 3.58. The van der Waals surface area contributed by atoms with Crippen molar-refractivity contribution in [2.75, 3.05) is 24.3 Å². The topological polar surface area (TPSA) is 59.1 Å². The predicted octanol–water partition coefficient (Wildman–Crippen LogP) is 4.75. The molecule has 27 heavy (non-hydrogen) atoms. The Hall–Kier alpha value is -3.08. The van der Waals surface area contributed by atoms with Crippen molar-refractivity contribution in [1.82, 2.24) is 9.97 Å². The summed E-state index contributed by atoms with van der Waals surface area (Å²) in [5, 5.41) is 6.74. The van der Waals surface area contributed by atoms with Crippen LogP contribution in [-0.4, -0.2) is 23.6 Å². The third kappa shape index (κ3) is 4.76. The lowest BCUT2D eigenvalue weighted by molar-refractivity contribution is 0.410. The van der Waals surface area contributed by atoms with Gasteiger partial charge in [0.05, 0.1) is 7.11 Å². The number of hydrogen-bond donors (Lipinski definition) is 2. The van der Waals surface area contributed by atoms with E-state index in [0.29, 0.717) is 5.95 Å². The highest BCUT2D eigenvalue weighted by molar-refractivity contribution is 5.63. The molecule has 0 saturated carbocycles. The Labute approximate surface area is 160 Å². The molecule has 140 valence electrons. The maximum Gasteiger partial charge on any atom is 0.229 e. The van der Waals surface area contributed by atoms with Crippen LogP contribution in [0.1, 0.15) is 23.6 Å². The van der Waals surface area contributed by atoms with Gasteiger partial charge in [-0.1, -0.05) is 43.3 Å². The average molecular weight is 362 g/mol. The molecule has 5 nitrogen and oxygen atoms in total. The number of methoxy groups -OCH3 is 1. The molecule has 0 unspecified atom stereocenters. The van der Waals surface area contributed by atoms with Crippen LogP contribution in [-0.2, 0) is 12.8 Å². The number of anilines is 3. The molecule has 0 radical (unpaired) electrons. The smallest absolute Gasteiger partial charge is 0.229 e. The molecule has 0 atom stereocenters. The highest BCUT2D eigenvalue weighted by Crippen LogP contribution is 2.24. The zero-order valence-electron chi connectivity index (χ0n) is 16.1. The maximum atomic E-state index is 5.40. The fourth-order valence-electron chi connectivity index (χ4n) is 3.07. The number of ether oxygens (including phenoxy) is 1. The summed E-state index contributed by atoms with van der Waals surface area (Å²) in [7, 11) is 1.70. The van der Waals surface area contributed by atoms with Crippen LogP contribution >= 0.6 is 0 Å². The van der Waals surface area contributed by atoms with E-state index in [4.69, 9.17) is 4.74 Å². The Kier molecular flexibility index (Phi) is 6.26. The van der Waals surface area contributed by atoms with E-state index in [-0.39, 0.29) is 0 Å². The fraction of sp³-hybridized carbons (Fsp3) is 0.273. The van der Waals surface area contributed by atoms with Gasteiger partial charge in [-0.3, -0.25) is 0 Å². The number of benzene rings is 2. The highest BCUT2D eigenvalue weighted by atomic mass is 16.5. The third-order valence-corrected chi connectivity index (χ3v) is 4.53. The molecule has 2 aromatic carbocycles. The van der Waals surface area contributed by atoms with E-state index < -0.39 is 0 Å². The minimum absolute atomic E-state index is 0.598. The molecule has 1 heterocycles. The summed E-state index contributed by atoms with van der Waals surface area (Å²) in [5.74, 6) is 2.31. The molecule has 0 spiro atoms. The summed E-state index contributed by atoms with van der Waals surface area (Å²) < 4.78 is 5.40. The van der Waals surface area contributed by atoms with Crippen molar-refractivity contribution in [2.24, 2.45) is 0 Å². The largest absolute Gasteiger partial charge is 0.496 e. The van der Waals surface area contributed by atoms with Gasteiger partial charge in [-0.15, -0.1) is 0 Å². The SMILES string of the molecule is CCc1cccc(C)c1Nc1nccc(NCCc2ccccc2OC)n1. The standard InChI is InChI=1S/C22H26N4O/c1-4-17-10-7-8-16(2)21(17)26-22-24-15-13-20(25-22)23-14-12-18-9-5-6-11-19(18)27-3/h5-11,13,15H,4,12,14H2,1-3H3,(H2,23,24,25,26). The Bertz CT molecular complexity index is 895. The molecule has 0 fully saturated rings. The second kappa shape index (κ2) is 9.03. The van der Waals surface area contributed by atoms with E-state index in [2.05, 4.69) is 58.7 Å². The van der Waals surface area contributed by atoms with E-state index in [9.17, 15) is 0 Å². The number of hydrogen-bond acceptors (Lipinski definition) is 5. The Morgan fingerprint density at radius 1 is 1.00 bits per heavy atom. The van der Waals surface area contributed by atoms with Crippen molar-refractivity contribution in [2.45, 2.75) is 26.7 Å². The van der Waals surface area contributed by atoms with E-state index in [1.807, 2.05) is 24.3 Å². The molecule has 0 aliphatic carbocycles. The quantitative estimate of drug-likeness (QED) is 0.605. The first-order valence-corrected chi connectivity index (χ1v) is 9.25. The van der Waals surface area contributed by atoms with Crippen molar-refractivity contribution in [3.63, 3.8) is 0 Å². The van der Waals surface area contributed by atoms with E-state index in [1.54, 1.807) is 13.3 Å². The van der Waals surface area contributed by atoms with Crippen molar-refractivity contribution >= 4 is 17.5 Å². The lowest BCUT2D eigenvalue weighted by Crippen LogP contribution is -2.09. The number of aryl methyl sites for hydroxylation is 2. The zero-order valence-corrected chi connectivity index (χ0v) is 16.1. The van der Waals surface area contributed by atoms with E-state index in [1.165, 1.54) is 16.7 Å². The molecule has 1 aromatic heterocycles. The molecular weight excluding hydrogens is 336 g/mol. The Balaban J connectivity index is 1.66. The van der Waals surface area contributed by atoms with Gasteiger partial charge < -0.3 is 15.4 Å². The average Bonchev–Trinajstić information content (AvgIpc) is 2.70. The molecule has 3 aromatic rings. The van der Waals surface area contributed by atoms with Gasteiger partial charge in [0.25, 0.3) is 0 Å². The first kappa shape index (κ1) is 18.7. The fourth-order valence-corrected chi connectivity index (χ4v) is 3.07. The van der Waals surface area contributed by atoms with Gasteiger partial charge in [-0.05, 0) is 48.6 Å². The number of rotatable bonds is 8. The molecule has 0 saturated heterocycles. The zero-order chi connectivity index (χ0) is 19.1. The van der Waals surface area contributed by atoms with Gasteiger partial charge in [-0.25, -0.2) is 4.98 Å². The van der Waals surface area contributed by atoms with E-state index in [0.717, 1.165) is 36.6 Å². The summed E-state index contributed by atoms with van der Waals surface area (Å²) in [6, 6.07) is 16.3. The summed E-state index contributed by atoms with van der Waals surface area (Å²) >= 11 is 0. The van der Waals surface area contributed by atoms with Gasteiger partial charge in [0, 0.05) is 18.4 Å². The molecule has 3 rings (SSSR count). The minimum Gasteiger partial charge on any atom is -0.496 e. The summed E-state index contributed by atoms with van der Waals surface area (Å²) in [6.45, 7) is 5.01. The lowest BCUT2D eigenvalue weighted by atomic mass is 10.1. The minimum atomic E-state index is 0.598. The monoisotopic (exact) mass is 362 g/mol. The van der Waals surface area contributed by atoms with Crippen molar-refractivity contribution in [3.05, 3.63) is 71.4 Å². The van der Waals surface area contributed by atoms with Gasteiger partial charge in [0.1, 0.15) is 11.6 Å². The van der Waals surface area contributed by atoms with Crippen molar-refractivity contribution in [1.29, 1.82) is 0 Å².